The van der Waals surface area contributed by atoms with Gasteiger partial charge >= 0.3 is 0 Å². The van der Waals surface area contributed by atoms with Gasteiger partial charge in [-0.2, -0.15) is 5.10 Å². The smallest absolute Gasteiger partial charge is 0.181 e. The summed E-state index contributed by atoms with van der Waals surface area (Å²) >= 11 is 5.62. The number of nitrogens with one attached hydrogen (secondary N) is 2. The standard InChI is InChI=1S/C21H26N8S/c1-13(2)16(7-22)21(30)27-19-20-24-10-18(15-9-25-28(3)11-15)29(20)12-17(26-19)14-5-4-6-23-8-14/h5,7,9-13,23H,4,6,8,22H2,1-3H3,(H,26,27,30). The molecule has 0 fully saturated rings. The van der Waals surface area contributed by atoms with Gasteiger partial charge in [-0.1, -0.05) is 32.1 Å². The van der Waals surface area contributed by atoms with Gasteiger partial charge in [-0.15, -0.1) is 0 Å². The van der Waals surface area contributed by atoms with Crippen molar-refractivity contribution >= 4 is 34.2 Å². The molecule has 9 heteroatoms. The van der Waals surface area contributed by atoms with Crippen molar-refractivity contribution in [3.8, 4) is 11.3 Å². The molecule has 0 atom stereocenters. The molecule has 0 amide bonds. The fourth-order valence-electron chi connectivity index (χ4n) is 3.54. The Morgan fingerprint density at radius 1 is 1.33 bits per heavy atom. The summed E-state index contributed by atoms with van der Waals surface area (Å²) in [6.07, 6.45) is 12.4. The number of anilines is 1. The molecular weight excluding hydrogens is 396 g/mol. The lowest BCUT2D eigenvalue weighted by Gasteiger charge is -2.17. The highest BCUT2D eigenvalue weighted by molar-refractivity contribution is 7.81. The van der Waals surface area contributed by atoms with Gasteiger partial charge in [0.05, 0.1) is 23.8 Å². The molecule has 4 N–H and O–H groups in total. The van der Waals surface area contributed by atoms with Crippen LogP contribution in [0, 0.1) is 5.92 Å². The van der Waals surface area contributed by atoms with Crippen molar-refractivity contribution in [3.05, 3.63) is 48.3 Å². The summed E-state index contributed by atoms with van der Waals surface area (Å²) in [5.41, 5.74) is 11.3. The van der Waals surface area contributed by atoms with E-state index in [9.17, 15) is 0 Å². The summed E-state index contributed by atoms with van der Waals surface area (Å²) in [6, 6.07) is 0. The van der Waals surface area contributed by atoms with Gasteiger partial charge in [-0.3, -0.25) is 9.08 Å². The van der Waals surface area contributed by atoms with E-state index in [1.54, 1.807) is 10.9 Å². The van der Waals surface area contributed by atoms with Crippen molar-refractivity contribution in [3.63, 3.8) is 0 Å². The fraction of sp³-hybridized carbons (Fsp3) is 0.333. The molecule has 0 saturated carbocycles. The van der Waals surface area contributed by atoms with Crippen molar-refractivity contribution in [2.45, 2.75) is 20.3 Å². The second-order valence-corrected chi connectivity index (χ2v) is 8.05. The number of aromatic nitrogens is 5. The minimum absolute atomic E-state index is 0.199. The highest BCUT2D eigenvalue weighted by atomic mass is 32.1. The van der Waals surface area contributed by atoms with E-state index < -0.39 is 0 Å². The number of imidazole rings is 1. The molecule has 0 radical (unpaired) electrons. The van der Waals surface area contributed by atoms with Crippen LogP contribution in [0.3, 0.4) is 0 Å². The van der Waals surface area contributed by atoms with E-state index in [-0.39, 0.29) is 5.92 Å². The number of nitrogens with two attached hydrogens (primary N) is 1. The summed E-state index contributed by atoms with van der Waals surface area (Å²) < 4.78 is 3.82. The van der Waals surface area contributed by atoms with Gasteiger partial charge in [0.15, 0.2) is 11.5 Å². The molecule has 30 heavy (non-hydrogen) atoms. The highest BCUT2D eigenvalue weighted by Gasteiger charge is 2.18. The summed E-state index contributed by atoms with van der Waals surface area (Å²) in [4.78, 5) is 10.1. The van der Waals surface area contributed by atoms with E-state index in [1.165, 1.54) is 0 Å². The Morgan fingerprint density at radius 2 is 2.17 bits per heavy atom. The van der Waals surface area contributed by atoms with Crippen molar-refractivity contribution in [1.29, 1.82) is 0 Å². The van der Waals surface area contributed by atoms with Gasteiger partial charge in [0.2, 0.25) is 0 Å². The van der Waals surface area contributed by atoms with Gasteiger partial charge < -0.3 is 16.4 Å². The van der Waals surface area contributed by atoms with Gasteiger partial charge in [-0.05, 0) is 24.5 Å². The number of aryl methyl sites for hydroxylation is 1. The molecule has 156 valence electrons. The number of fused-ring (bicyclic) bond motifs is 1. The third kappa shape index (κ3) is 3.86. The normalized spacial score (nSPS) is 14.9. The first-order valence-electron chi connectivity index (χ1n) is 9.98. The molecule has 1 aliphatic rings. The maximum absolute atomic E-state index is 5.81. The second kappa shape index (κ2) is 8.37. The molecule has 4 rings (SSSR count). The van der Waals surface area contributed by atoms with Crippen LogP contribution in [0.5, 0.6) is 0 Å². The Labute approximate surface area is 180 Å². The lowest BCUT2D eigenvalue weighted by Crippen LogP contribution is -2.23. The zero-order valence-electron chi connectivity index (χ0n) is 17.4. The van der Waals surface area contributed by atoms with Crippen LogP contribution in [-0.4, -0.2) is 42.2 Å². The largest absolute Gasteiger partial charge is 0.404 e. The Morgan fingerprint density at radius 3 is 2.80 bits per heavy atom. The third-order valence-corrected chi connectivity index (χ3v) is 5.48. The number of nitrogens with zero attached hydrogens (tertiary/aromatic N) is 5. The van der Waals surface area contributed by atoms with Crippen molar-refractivity contribution in [2.24, 2.45) is 18.7 Å². The lowest BCUT2D eigenvalue weighted by atomic mass is 10.0. The number of hydrogen-bond acceptors (Lipinski definition) is 6. The quantitative estimate of drug-likeness (QED) is 0.430. The highest BCUT2D eigenvalue weighted by Crippen LogP contribution is 2.27. The zero-order valence-corrected chi connectivity index (χ0v) is 18.2. The lowest BCUT2D eigenvalue weighted by molar-refractivity contribution is 0.737. The number of rotatable bonds is 5. The Balaban J connectivity index is 1.84. The predicted molar refractivity (Wildman–Crippen MR) is 124 cm³/mol. The Kier molecular flexibility index (Phi) is 5.65. The molecule has 0 aliphatic carbocycles. The average Bonchev–Trinajstić information content (AvgIpc) is 3.35. The SMILES string of the molecule is CC(C)C(=CN)C(=S)Nc1nc(C2=CCCNC2)cn2c(-c3cnn(C)c3)cnc12. The summed E-state index contributed by atoms with van der Waals surface area (Å²) in [5, 5.41) is 11.0. The molecule has 0 bridgehead atoms. The summed E-state index contributed by atoms with van der Waals surface area (Å²) in [5.74, 6) is 0.810. The molecule has 0 aromatic carbocycles. The fourth-order valence-corrected chi connectivity index (χ4v) is 3.94. The van der Waals surface area contributed by atoms with E-state index in [4.69, 9.17) is 22.9 Å². The Bertz CT molecular complexity index is 1150. The van der Waals surface area contributed by atoms with Gasteiger partial charge in [0, 0.05) is 43.3 Å². The Hall–Kier alpha value is -3.04. The molecular formula is C21H26N8S. The summed E-state index contributed by atoms with van der Waals surface area (Å²) in [7, 11) is 1.90. The van der Waals surface area contributed by atoms with E-state index in [0.717, 1.165) is 47.6 Å². The van der Waals surface area contributed by atoms with Crippen LogP contribution in [0.25, 0.3) is 22.5 Å². The minimum atomic E-state index is 0.199. The number of hydrogen-bond donors (Lipinski definition) is 3. The van der Waals surface area contributed by atoms with E-state index in [1.807, 2.05) is 36.2 Å². The van der Waals surface area contributed by atoms with Crippen LogP contribution < -0.4 is 16.4 Å². The maximum Gasteiger partial charge on any atom is 0.181 e. The first-order chi connectivity index (χ1) is 14.5. The van der Waals surface area contributed by atoms with Crippen LogP contribution >= 0.6 is 12.2 Å². The molecule has 3 aromatic heterocycles. The summed E-state index contributed by atoms with van der Waals surface area (Å²) in [6.45, 7) is 5.87. The van der Waals surface area contributed by atoms with E-state index >= 15 is 0 Å². The minimum Gasteiger partial charge on any atom is -0.404 e. The van der Waals surface area contributed by atoms with Crippen LogP contribution in [0.4, 0.5) is 5.82 Å². The van der Waals surface area contributed by atoms with Gasteiger partial charge in [0.25, 0.3) is 0 Å². The first kappa shape index (κ1) is 20.2. The van der Waals surface area contributed by atoms with Crippen molar-refractivity contribution in [2.75, 3.05) is 18.4 Å². The molecule has 4 heterocycles. The van der Waals surface area contributed by atoms with Crippen LogP contribution in [0.15, 0.2) is 42.6 Å². The first-order valence-corrected chi connectivity index (χ1v) is 10.4. The molecule has 8 nitrogen and oxygen atoms in total. The monoisotopic (exact) mass is 422 g/mol. The third-order valence-electron chi connectivity index (χ3n) is 5.14. The molecule has 0 unspecified atom stereocenters. The maximum atomic E-state index is 5.81. The van der Waals surface area contributed by atoms with Gasteiger partial charge in [-0.25, -0.2) is 9.97 Å². The van der Waals surface area contributed by atoms with Gasteiger partial charge in [0.1, 0.15) is 4.99 Å². The molecule has 1 aliphatic heterocycles. The van der Waals surface area contributed by atoms with Crippen molar-refractivity contribution < 1.29 is 0 Å². The zero-order chi connectivity index (χ0) is 21.3. The van der Waals surface area contributed by atoms with E-state index in [0.29, 0.717) is 16.5 Å². The number of thiocarbonyl (C=S) groups is 1. The topological polar surface area (TPSA) is 98.1 Å². The van der Waals surface area contributed by atoms with Crippen molar-refractivity contribution in [1.82, 2.24) is 29.5 Å². The second-order valence-electron chi connectivity index (χ2n) is 7.64. The molecule has 3 aromatic rings. The molecule has 0 saturated heterocycles. The van der Waals surface area contributed by atoms with Crippen LogP contribution in [0.2, 0.25) is 0 Å². The molecule has 0 spiro atoms. The predicted octanol–water partition coefficient (Wildman–Crippen LogP) is 2.74. The van der Waals surface area contributed by atoms with Crippen LogP contribution in [-0.2, 0) is 7.05 Å². The average molecular weight is 423 g/mol. The van der Waals surface area contributed by atoms with Crippen LogP contribution in [0.1, 0.15) is 26.0 Å². The van der Waals surface area contributed by atoms with E-state index in [2.05, 4.69) is 40.6 Å².